The van der Waals surface area contributed by atoms with Gasteiger partial charge < -0.3 is 15.5 Å². The summed E-state index contributed by atoms with van der Waals surface area (Å²) in [5.74, 6) is 0.627. The first-order valence-corrected chi connectivity index (χ1v) is 6.64. The van der Waals surface area contributed by atoms with E-state index in [4.69, 9.17) is 0 Å². The monoisotopic (exact) mass is 251 g/mol. The van der Waals surface area contributed by atoms with Gasteiger partial charge in [0.05, 0.1) is 6.10 Å². The van der Waals surface area contributed by atoms with Crippen LogP contribution in [0.3, 0.4) is 0 Å². The van der Waals surface area contributed by atoms with Crippen molar-refractivity contribution in [1.29, 1.82) is 0 Å². The molecule has 0 amide bonds. The zero-order valence-corrected chi connectivity index (χ0v) is 11.6. The van der Waals surface area contributed by atoms with E-state index < -0.39 is 12.2 Å². The molecule has 0 spiro atoms. The molecular weight excluding hydrogens is 226 g/mol. The highest BCUT2D eigenvalue weighted by atomic mass is 16.3. The third kappa shape index (κ3) is 4.77. The quantitative estimate of drug-likeness (QED) is 0.693. The van der Waals surface area contributed by atoms with Crippen LogP contribution in [0.4, 0.5) is 0 Å². The van der Waals surface area contributed by atoms with Crippen LogP contribution >= 0.6 is 0 Å². The first-order chi connectivity index (χ1) is 8.54. The summed E-state index contributed by atoms with van der Waals surface area (Å²) in [6, 6.07) is 7.88. The Bertz CT molecular complexity index is 335. The molecule has 0 aromatic heterocycles. The first-order valence-electron chi connectivity index (χ1n) is 6.64. The van der Waals surface area contributed by atoms with Crippen LogP contribution in [0.5, 0.6) is 0 Å². The van der Waals surface area contributed by atoms with E-state index in [9.17, 15) is 10.2 Å². The van der Waals surface area contributed by atoms with Crippen LogP contribution in [0.1, 0.15) is 37.5 Å². The second kappa shape index (κ2) is 7.52. The average Bonchev–Trinajstić information content (AvgIpc) is 2.35. The van der Waals surface area contributed by atoms with Crippen molar-refractivity contribution in [1.82, 2.24) is 5.32 Å². The summed E-state index contributed by atoms with van der Waals surface area (Å²) in [6.45, 7) is 5.07. The molecule has 0 saturated heterocycles. The van der Waals surface area contributed by atoms with E-state index >= 15 is 0 Å². The maximum Gasteiger partial charge on any atom is 0.105 e. The van der Waals surface area contributed by atoms with Gasteiger partial charge in [-0.1, -0.05) is 38.1 Å². The fourth-order valence-corrected chi connectivity index (χ4v) is 1.99. The van der Waals surface area contributed by atoms with E-state index in [2.05, 4.69) is 19.2 Å². The maximum absolute atomic E-state index is 10.0. The molecule has 3 N–H and O–H groups in total. The van der Waals surface area contributed by atoms with Gasteiger partial charge in [-0.2, -0.15) is 0 Å². The zero-order valence-electron chi connectivity index (χ0n) is 11.6. The molecule has 0 bridgehead atoms. The highest BCUT2D eigenvalue weighted by Crippen LogP contribution is 2.20. The van der Waals surface area contributed by atoms with Gasteiger partial charge in [0.25, 0.3) is 0 Å². The smallest absolute Gasteiger partial charge is 0.105 e. The summed E-state index contributed by atoms with van der Waals surface area (Å²) >= 11 is 0. The number of hydrogen-bond acceptors (Lipinski definition) is 3. The fourth-order valence-electron chi connectivity index (χ4n) is 1.99. The van der Waals surface area contributed by atoms with Crippen LogP contribution < -0.4 is 5.32 Å². The molecule has 1 aromatic rings. The molecule has 0 aliphatic heterocycles. The molecule has 102 valence electrons. The van der Waals surface area contributed by atoms with Crippen LogP contribution in [-0.4, -0.2) is 29.9 Å². The number of benzene rings is 1. The van der Waals surface area contributed by atoms with E-state index in [1.807, 2.05) is 31.3 Å². The standard InChI is InChI=1S/C15H25NO2/c1-11(2)10-12-4-6-13(7-5-12)15(18)14(17)8-9-16-3/h4-7,11,14-18H,8-10H2,1-3H3. The average molecular weight is 251 g/mol. The van der Waals surface area contributed by atoms with Crippen molar-refractivity contribution in [3.63, 3.8) is 0 Å². The second-order valence-electron chi connectivity index (χ2n) is 5.24. The molecule has 18 heavy (non-hydrogen) atoms. The van der Waals surface area contributed by atoms with Gasteiger partial charge in [-0.3, -0.25) is 0 Å². The predicted molar refractivity (Wildman–Crippen MR) is 74.5 cm³/mol. The lowest BCUT2D eigenvalue weighted by Gasteiger charge is -2.18. The molecule has 1 rings (SSSR count). The van der Waals surface area contributed by atoms with Crippen molar-refractivity contribution in [2.45, 2.75) is 38.9 Å². The summed E-state index contributed by atoms with van der Waals surface area (Å²) < 4.78 is 0. The lowest BCUT2D eigenvalue weighted by molar-refractivity contribution is 0.0140. The highest BCUT2D eigenvalue weighted by Gasteiger charge is 2.17. The number of aliphatic hydroxyl groups is 2. The SMILES string of the molecule is CNCCC(O)C(O)c1ccc(CC(C)C)cc1. The zero-order chi connectivity index (χ0) is 13.5. The minimum atomic E-state index is -0.800. The second-order valence-corrected chi connectivity index (χ2v) is 5.24. The number of nitrogens with one attached hydrogen (secondary N) is 1. The van der Waals surface area contributed by atoms with E-state index in [0.717, 1.165) is 12.0 Å². The van der Waals surface area contributed by atoms with Crippen molar-refractivity contribution < 1.29 is 10.2 Å². The van der Waals surface area contributed by atoms with Gasteiger partial charge in [-0.05, 0) is 43.5 Å². The van der Waals surface area contributed by atoms with Crippen LogP contribution in [-0.2, 0) is 6.42 Å². The van der Waals surface area contributed by atoms with Crippen molar-refractivity contribution in [3.05, 3.63) is 35.4 Å². The van der Waals surface area contributed by atoms with E-state index in [0.29, 0.717) is 18.9 Å². The van der Waals surface area contributed by atoms with Gasteiger partial charge in [-0.15, -0.1) is 0 Å². The summed E-state index contributed by atoms with van der Waals surface area (Å²) in [6.07, 6.45) is 0.0734. The molecule has 3 nitrogen and oxygen atoms in total. The van der Waals surface area contributed by atoms with Gasteiger partial charge >= 0.3 is 0 Å². The number of aliphatic hydroxyl groups excluding tert-OH is 2. The predicted octanol–water partition coefficient (Wildman–Crippen LogP) is 1.89. The molecule has 3 heteroatoms. The first kappa shape index (κ1) is 15.2. The van der Waals surface area contributed by atoms with Crippen molar-refractivity contribution in [2.24, 2.45) is 5.92 Å². The minimum Gasteiger partial charge on any atom is -0.390 e. The molecule has 0 heterocycles. The Morgan fingerprint density at radius 1 is 1.11 bits per heavy atom. The van der Waals surface area contributed by atoms with Gasteiger partial charge in [0.2, 0.25) is 0 Å². The number of rotatable bonds is 7. The third-order valence-electron chi connectivity index (χ3n) is 3.02. The van der Waals surface area contributed by atoms with Gasteiger partial charge in [-0.25, -0.2) is 0 Å². The van der Waals surface area contributed by atoms with Crippen LogP contribution in [0, 0.1) is 5.92 Å². The Hall–Kier alpha value is -0.900. The largest absolute Gasteiger partial charge is 0.390 e. The van der Waals surface area contributed by atoms with Gasteiger partial charge in [0, 0.05) is 0 Å². The molecule has 0 radical (unpaired) electrons. The Morgan fingerprint density at radius 2 is 1.72 bits per heavy atom. The third-order valence-corrected chi connectivity index (χ3v) is 3.02. The molecule has 0 fully saturated rings. The highest BCUT2D eigenvalue weighted by molar-refractivity contribution is 5.25. The number of hydrogen-bond donors (Lipinski definition) is 3. The molecule has 1 aromatic carbocycles. The topological polar surface area (TPSA) is 52.5 Å². The summed E-state index contributed by atoms with van der Waals surface area (Å²) in [7, 11) is 1.83. The molecule has 0 aliphatic rings. The molecular formula is C15H25NO2. The Kier molecular flexibility index (Phi) is 6.33. The lowest BCUT2D eigenvalue weighted by atomic mass is 9.98. The minimum absolute atomic E-state index is 0.547. The lowest BCUT2D eigenvalue weighted by Crippen LogP contribution is -2.23. The Balaban J connectivity index is 2.60. The summed E-state index contributed by atoms with van der Waals surface area (Å²) in [4.78, 5) is 0. The molecule has 2 unspecified atom stereocenters. The van der Waals surface area contributed by atoms with Crippen LogP contribution in [0.15, 0.2) is 24.3 Å². The maximum atomic E-state index is 10.0. The normalized spacial score (nSPS) is 14.8. The Morgan fingerprint density at radius 3 is 2.22 bits per heavy atom. The molecule has 0 aliphatic carbocycles. The summed E-state index contributed by atoms with van der Waals surface area (Å²) in [5, 5.41) is 22.8. The van der Waals surface area contributed by atoms with Crippen molar-refractivity contribution >= 4 is 0 Å². The summed E-state index contributed by atoms with van der Waals surface area (Å²) in [5.41, 5.74) is 2.05. The van der Waals surface area contributed by atoms with E-state index in [1.165, 1.54) is 5.56 Å². The fraction of sp³-hybridized carbons (Fsp3) is 0.600. The van der Waals surface area contributed by atoms with Crippen molar-refractivity contribution in [2.75, 3.05) is 13.6 Å². The van der Waals surface area contributed by atoms with Gasteiger partial charge in [0.1, 0.15) is 6.10 Å². The van der Waals surface area contributed by atoms with E-state index in [-0.39, 0.29) is 0 Å². The van der Waals surface area contributed by atoms with Crippen LogP contribution in [0.2, 0.25) is 0 Å². The molecule has 0 saturated carbocycles. The molecule has 2 atom stereocenters. The van der Waals surface area contributed by atoms with Crippen molar-refractivity contribution in [3.8, 4) is 0 Å². The van der Waals surface area contributed by atoms with Gasteiger partial charge in [0.15, 0.2) is 0 Å². The van der Waals surface area contributed by atoms with E-state index in [1.54, 1.807) is 0 Å². The van der Waals surface area contributed by atoms with Crippen LogP contribution in [0.25, 0.3) is 0 Å². The Labute approximate surface area is 110 Å².